The molecule has 0 saturated heterocycles. The standard InChI is InChI=1S/C7H11B/c1-2-3-4-5-6-7-8/h2-6H,1,7-8H2/b4-3-,6-5-. The summed E-state index contributed by atoms with van der Waals surface area (Å²) in [4.78, 5) is 0. The molecule has 0 amide bonds. The van der Waals surface area contributed by atoms with Crippen LogP contribution in [0.5, 0.6) is 0 Å². The molecule has 0 unspecified atom stereocenters. The van der Waals surface area contributed by atoms with Gasteiger partial charge in [0.05, 0.1) is 0 Å². The van der Waals surface area contributed by atoms with Crippen molar-refractivity contribution in [3.8, 4) is 0 Å². The van der Waals surface area contributed by atoms with E-state index in [4.69, 9.17) is 0 Å². The van der Waals surface area contributed by atoms with Crippen LogP contribution in [0.2, 0.25) is 6.32 Å². The van der Waals surface area contributed by atoms with Gasteiger partial charge in [0.1, 0.15) is 7.85 Å². The van der Waals surface area contributed by atoms with Gasteiger partial charge in [-0.05, 0) is 0 Å². The first-order valence-corrected chi connectivity index (χ1v) is 2.86. The van der Waals surface area contributed by atoms with Gasteiger partial charge < -0.3 is 0 Å². The summed E-state index contributed by atoms with van der Waals surface area (Å²) in [5.41, 5.74) is 0. The summed E-state index contributed by atoms with van der Waals surface area (Å²) >= 11 is 0. The molecule has 42 valence electrons. The van der Waals surface area contributed by atoms with Crippen LogP contribution in [0.25, 0.3) is 0 Å². The van der Waals surface area contributed by atoms with Crippen molar-refractivity contribution in [1.29, 1.82) is 0 Å². The third-order valence-electron chi connectivity index (χ3n) is 0.730. The predicted molar refractivity (Wildman–Crippen MR) is 41.8 cm³/mol. The highest BCUT2D eigenvalue weighted by Gasteiger charge is 1.59. The van der Waals surface area contributed by atoms with Crippen LogP contribution >= 0.6 is 0 Å². The molecule has 0 aliphatic rings. The van der Waals surface area contributed by atoms with E-state index in [1.807, 2.05) is 18.2 Å². The van der Waals surface area contributed by atoms with E-state index in [2.05, 4.69) is 20.5 Å². The fraction of sp³-hybridized carbons (Fsp3) is 0.143. The minimum atomic E-state index is 1.10. The number of allylic oxidation sites excluding steroid dienone is 5. The van der Waals surface area contributed by atoms with Crippen molar-refractivity contribution in [3.63, 3.8) is 0 Å². The molecule has 0 aromatic heterocycles. The largest absolute Gasteiger partial charge is 0.106 e. The molecular weight excluding hydrogens is 94.9 g/mol. The summed E-state index contributed by atoms with van der Waals surface area (Å²) in [7, 11) is 2.11. The van der Waals surface area contributed by atoms with Gasteiger partial charge in [-0.1, -0.05) is 43.3 Å². The molecule has 0 atom stereocenters. The maximum Gasteiger partial charge on any atom is 0.106 e. The highest BCUT2D eigenvalue weighted by molar-refractivity contribution is 6.09. The van der Waals surface area contributed by atoms with Crippen LogP contribution in [0, 0.1) is 0 Å². The summed E-state index contributed by atoms with van der Waals surface area (Å²) in [5.74, 6) is 0. The van der Waals surface area contributed by atoms with E-state index in [9.17, 15) is 0 Å². The number of rotatable bonds is 3. The number of hydrogen-bond donors (Lipinski definition) is 0. The molecule has 1 heteroatoms. The van der Waals surface area contributed by atoms with Gasteiger partial charge in [-0.2, -0.15) is 0 Å². The molecular formula is C7H11B. The lowest BCUT2D eigenvalue weighted by molar-refractivity contribution is 1.70. The maximum atomic E-state index is 3.54. The molecule has 0 N–H and O–H groups in total. The second-order valence-corrected chi connectivity index (χ2v) is 1.46. The zero-order chi connectivity index (χ0) is 6.24. The van der Waals surface area contributed by atoms with E-state index in [1.165, 1.54) is 0 Å². The van der Waals surface area contributed by atoms with Crippen LogP contribution in [0.1, 0.15) is 0 Å². The smallest absolute Gasteiger partial charge is 0.0991 e. The maximum absolute atomic E-state index is 3.54. The highest BCUT2D eigenvalue weighted by atomic mass is 13.6. The molecule has 0 aliphatic heterocycles. The molecule has 0 rings (SSSR count). The predicted octanol–water partition coefficient (Wildman–Crippen LogP) is 1.34. The molecule has 8 heavy (non-hydrogen) atoms. The third-order valence-corrected chi connectivity index (χ3v) is 0.730. The summed E-state index contributed by atoms with van der Waals surface area (Å²) in [6.07, 6.45) is 10.9. The summed E-state index contributed by atoms with van der Waals surface area (Å²) in [5, 5.41) is 0. The Morgan fingerprint density at radius 1 is 1.25 bits per heavy atom. The van der Waals surface area contributed by atoms with Crippen molar-refractivity contribution >= 4 is 7.85 Å². The first-order valence-electron chi connectivity index (χ1n) is 2.86. The Kier molecular flexibility index (Phi) is 5.72. The lowest BCUT2D eigenvalue weighted by atomic mass is 10.1. The van der Waals surface area contributed by atoms with Crippen LogP contribution in [0.15, 0.2) is 37.0 Å². The average Bonchev–Trinajstić information content (AvgIpc) is 1.81. The Morgan fingerprint density at radius 3 is 2.50 bits per heavy atom. The third kappa shape index (κ3) is 5.28. The van der Waals surface area contributed by atoms with Crippen molar-refractivity contribution in [2.24, 2.45) is 0 Å². The number of hydrogen-bond acceptors (Lipinski definition) is 0. The lowest BCUT2D eigenvalue weighted by Crippen LogP contribution is -1.54. The van der Waals surface area contributed by atoms with Crippen LogP contribution < -0.4 is 0 Å². The quantitative estimate of drug-likeness (QED) is 0.376. The van der Waals surface area contributed by atoms with Crippen LogP contribution in [0.4, 0.5) is 0 Å². The Hall–Kier alpha value is -0.715. The first kappa shape index (κ1) is 7.28. The van der Waals surface area contributed by atoms with E-state index in [1.54, 1.807) is 6.08 Å². The average molecular weight is 106 g/mol. The molecule has 0 spiro atoms. The molecule has 0 radical (unpaired) electrons. The van der Waals surface area contributed by atoms with Crippen molar-refractivity contribution < 1.29 is 0 Å². The topological polar surface area (TPSA) is 0 Å². The van der Waals surface area contributed by atoms with E-state index in [0.29, 0.717) is 0 Å². The van der Waals surface area contributed by atoms with E-state index in [0.717, 1.165) is 6.32 Å². The van der Waals surface area contributed by atoms with Crippen LogP contribution in [-0.4, -0.2) is 7.85 Å². The van der Waals surface area contributed by atoms with Gasteiger partial charge in [0.25, 0.3) is 0 Å². The van der Waals surface area contributed by atoms with Gasteiger partial charge in [-0.15, -0.1) is 0 Å². The zero-order valence-electron chi connectivity index (χ0n) is 5.30. The molecule has 0 nitrogen and oxygen atoms in total. The zero-order valence-corrected chi connectivity index (χ0v) is 5.30. The fourth-order valence-electron chi connectivity index (χ4n) is 0.357. The van der Waals surface area contributed by atoms with Crippen molar-refractivity contribution in [3.05, 3.63) is 37.0 Å². The fourth-order valence-corrected chi connectivity index (χ4v) is 0.357. The Bertz CT molecular complexity index is 101. The Balaban J connectivity index is 3.26. The van der Waals surface area contributed by atoms with Gasteiger partial charge in [0.2, 0.25) is 0 Å². The molecule has 0 bridgehead atoms. The Labute approximate surface area is 52.0 Å². The first-order chi connectivity index (χ1) is 3.91. The van der Waals surface area contributed by atoms with Gasteiger partial charge in [0, 0.05) is 0 Å². The van der Waals surface area contributed by atoms with E-state index < -0.39 is 0 Å². The van der Waals surface area contributed by atoms with Gasteiger partial charge in [-0.25, -0.2) is 0 Å². The molecule has 0 heterocycles. The molecule has 0 aliphatic carbocycles. The highest BCUT2D eigenvalue weighted by Crippen LogP contribution is 1.79. The normalized spacial score (nSPS) is 11.0. The van der Waals surface area contributed by atoms with E-state index >= 15 is 0 Å². The summed E-state index contributed by atoms with van der Waals surface area (Å²) < 4.78 is 0. The monoisotopic (exact) mass is 106 g/mol. The van der Waals surface area contributed by atoms with Crippen molar-refractivity contribution in [2.75, 3.05) is 0 Å². The van der Waals surface area contributed by atoms with Crippen molar-refractivity contribution in [2.45, 2.75) is 6.32 Å². The minimum Gasteiger partial charge on any atom is -0.0991 e. The molecule has 0 fully saturated rings. The van der Waals surface area contributed by atoms with E-state index in [-0.39, 0.29) is 0 Å². The SMILES string of the molecule is BC/C=C\C=C/C=C. The molecule has 0 aromatic rings. The molecule has 0 saturated carbocycles. The second-order valence-electron chi connectivity index (χ2n) is 1.46. The minimum absolute atomic E-state index is 1.10. The molecule has 0 aromatic carbocycles. The van der Waals surface area contributed by atoms with Crippen molar-refractivity contribution in [1.82, 2.24) is 0 Å². The van der Waals surface area contributed by atoms with Gasteiger partial charge in [-0.3, -0.25) is 0 Å². The summed E-state index contributed by atoms with van der Waals surface area (Å²) in [6, 6.07) is 0. The lowest BCUT2D eigenvalue weighted by Gasteiger charge is -1.71. The summed E-state index contributed by atoms with van der Waals surface area (Å²) in [6.45, 7) is 3.54. The van der Waals surface area contributed by atoms with Gasteiger partial charge in [0.15, 0.2) is 0 Å². The van der Waals surface area contributed by atoms with Gasteiger partial charge >= 0.3 is 0 Å². The van der Waals surface area contributed by atoms with Crippen LogP contribution in [-0.2, 0) is 0 Å². The Morgan fingerprint density at radius 2 is 2.00 bits per heavy atom. The second kappa shape index (κ2) is 6.28. The van der Waals surface area contributed by atoms with Crippen LogP contribution in [0.3, 0.4) is 0 Å².